The van der Waals surface area contributed by atoms with E-state index in [9.17, 15) is 0 Å². The normalized spacial score (nSPS) is 19.1. The van der Waals surface area contributed by atoms with Crippen LogP contribution in [0.1, 0.15) is 24.0 Å². The zero-order valence-corrected chi connectivity index (χ0v) is 14.2. The molecule has 0 saturated heterocycles. The number of hydrogen-bond acceptors (Lipinski definition) is 1. The van der Waals surface area contributed by atoms with Gasteiger partial charge in [0.05, 0.1) is 0 Å². The second-order valence-electron chi connectivity index (χ2n) is 6.59. The monoisotopic (exact) mass is 337 g/mol. The molecule has 0 bridgehead atoms. The molecule has 1 nitrogen and oxygen atoms in total. The summed E-state index contributed by atoms with van der Waals surface area (Å²) in [6.07, 6.45) is 5.34. The third kappa shape index (κ3) is 2.11. The van der Waals surface area contributed by atoms with Gasteiger partial charge in [-0.15, -0.1) is 0 Å². The van der Waals surface area contributed by atoms with Crippen molar-refractivity contribution in [3.05, 3.63) is 23.3 Å². The maximum atomic E-state index is 2.64. The fraction of sp³-hybridized carbons (Fsp3) is 0.600. The second kappa shape index (κ2) is 4.18. The van der Waals surface area contributed by atoms with E-state index in [1.807, 2.05) is 0 Å². The first-order valence-electron chi connectivity index (χ1n) is 6.97. The van der Waals surface area contributed by atoms with Crippen LogP contribution in [0.2, 0.25) is 14.8 Å². The molecule has 0 aliphatic carbocycles. The van der Waals surface area contributed by atoms with E-state index in [1.54, 1.807) is 20.4 Å². The molecule has 0 saturated carbocycles. The first-order valence-corrected chi connectivity index (χ1v) is 17.0. The first-order chi connectivity index (χ1) is 8.05. The fourth-order valence-electron chi connectivity index (χ4n) is 3.24. The summed E-state index contributed by atoms with van der Waals surface area (Å²) < 4.78 is 1.73. The number of aryl methyl sites for hydroxylation is 2. The number of benzene rings is 1. The number of anilines is 1. The zero-order chi connectivity index (χ0) is 12.0. The van der Waals surface area contributed by atoms with Crippen molar-refractivity contribution in [2.45, 2.75) is 40.5 Å². The van der Waals surface area contributed by atoms with Gasteiger partial charge in [0.2, 0.25) is 0 Å². The molecular formula is C15H23NSn. The predicted octanol–water partition coefficient (Wildman–Crippen LogP) is 2.93. The molecule has 2 aliphatic heterocycles. The van der Waals surface area contributed by atoms with Crippen molar-refractivity contribution in [2.24, 2.45) is 0 Å². The minimum atomic E-state index is -1.89. The van der Waals surface area contributed by atoms with Gasteiger partial charge in [-0.2, -0.15) is 0 Å². The van der Waals surface area contributed by atoms with E-state index >= 15 is 0 Å². The topological polar surface area (TPSA) is 3.24 Å². The Balaban J connectivity index is 2.15. The van der Waals surface area contributed by atoms with Crippen LogP contribution in [-0.2, 0) is 12.8 Å². The Bertz CT molecular complexity index is 414. The van der Waals surface area contributed by atoms with Crippen molar-refractivity contribution in [3.63, 3.8) is 0 Å². The van der Waals surface area contributed by atoms with Crippen LogP contribution in [0.4, 0.5) is 5.69 Å². The van der Waals surface area contributed by atoms with Gasteiger partial charge >= 0.3 is 109 Å². The summed E-state index contributed by atoms with van der Waals surface area (Å²) in [7, 11) is 0. The van der Waals surface area contributed by atoms with Gasteiger partial charge in [0.1, 0.15) is 0 Å². The molecule has 0 unspecified atom stereocenters. The molecule has 0 spiro atoms. The van der Waals surface area contributed by atoms with Gasteiger partial charge in [-0.1, -0.05) is 0 Å². The van der Waals surface area contributed by atoms with Crippen LogP contribution in [0.5, 0.6) is 0 Å². The van der Waals surface area contributed by atoms with Gasteiger partial charge < -0.3 is 0 Å². The Morgan fingerprint density at radius 3 is 1.94 bits per heavy atom. The maximum absolute atomic E-state index is 2.64. The molecular weight excluding hydrogens is 313 g/mol. The van der Waals surface area contributed by atoms with Gasteiger partial charge in [-0.05, 0) is 0 Å². The van der Waals surface area contributed by atoms with E-state index in [0.717, 1.165) is 0 Å². The molecule has 2 heteroatoms. The van der Waals surface area contributed by atoms with E-state index in [1.165, 1.54) is 38.8 Å². The molecule has 2 aliphatic rings. The van der Waals surface area contributed by atoms with Gasteiger partial charge in [0.25, 0.3) is 0 Å². The summed E-state index contributed by atoms with van der Waals surface area (Å²) in [5, 5.41) is 0. The van der Waals surface area contributed by atoms with Crippen molar-refractivity contribution < 1.29 is 0 Å². The van der Waals surface area contributed by atoms with Crippen LogP contribution in [-0.4, -0.2) is 31.5 Å². The predicted molar refractivity (Wildman–Crippen MR) is 78.3 cm³/mol. The van der Waals surface area contributed by atoms with Gasteiger partial charge in [0, 0.05) is 0 Å². The van der Waals surface area contributed by atoms with Crippen molar-refractivity contribution in [2.75, 3.05) is 18.0 Å². The first kappa shape index (κ1) is 11.9. The minimum absolute atomic E-state index is 1.29. The third-order valence-electron chi connectivity index (χ3n) is 4.20. The third-order valence-corrected chi connectivity index (χ3v) is 9.97. The molecule has 0 radical (unpaired) electrons. The number of hydrogen-bond donors (Lipinski definition) is 0. The van der Waals surface area contributed by atoms with Crippen LogP contribution in [0.3, 0.4) is 0 Å². The Hall–Kier alpha value is -0.181. The molecule has 0 aromatic heterocycles. The SMILES string of the molecule is [CH3][Sn]([CH3])([CH3])[c]1cc2c3c(c1)CCCN3CCC2. The summed E-state index contributed by atoms with van der Waals surface area (Å²) in [6.45, 7) is 2.58. The molecule has 3 rings (SSSR count). The van der Waals surface area contributed by atoms with Crippen LogP contribution in [0.15, 0.2) is 12.1 Å². The molecule has 0 amide bonds. The Morgan fingerprint density at radius 1 is 0.941 bits per heavy atom. The van der Waals surface area contributed by atoms with Crippen molar-refractivity contribution in [1.82, 2.24) is 0 Å². The van der Waals surface area contributed by atoms with Crippen molar-refractivity contribution in [1.29, 1.82) is 0 Å². The molecule has 0 fully saturated rings. The standard InChI is InChI=1S/C12H14N.3CH3.Sn/c1-4-10-6-2-8-13-9-3-7-11(5-1)12(10)13;;;;/h4-5H,2-3,6-9H2;3*1H3;. The molecule has 0 atom stereocenters. The number of nitrogens with zero attached hydrogens (tertiary/aromatic N) is 1. The van der Waals surface area contributed by atoms with E-state index in [2.05, 4.69) is 31.9 Å². The molecule has 92 valence electrons. The van der Waals surface area contributed by atoms with E-state index < -0.39 is 18.4 Å². The van der Waals surface area contributed by atoms with Crippen LogP contribution >= 0.6 is 0 Å². The van der Waals surface area contributed by atoms with Crippen LogP contribution < -0.4 is 8.48 Å². The fourth-order valence-corrected chi connectivity index (χ4v) is 6.70. The summed E-state index contributed by atoms with van der Waals surface area (Å²) in [5.41, 5.74) is 4.95. The Kier molecular flexibility index (Phi) is 2.92. The van der Waals surface area contributed by atoms with Gasteiger partial charge in [0.15, 0.2) is 0 Å². The second-order valence-corrected chi connectivity index (χ2v) is 21.1. The van der Waals surface area contributed by atoms with Gasteiger partial charge in [-0.3, -0.25) is 0 Å². The average molecular weight is 336 g/mol. The number of rotatable bonds is 1. The van der Waals surface area contributed by atoms with E-state index in [4.69, 9.17) is 0 Å². The van der Waals surface area contributed by atoms with E-state index in [0.29, 0.717) is 0 Å². The summed E-state index contributed by atoms with van der Waals surface area (Å²) in [6, 6.07) is 5.12. The van der Waals surface area contributed by atoms with Crippen LogP contribution in [0, 0.1) is 0 Å². The average Bonchev–Trinajstić information content (AvgIpc) is 2.28. The Labute approximate surface area is 109 Å². The molecule has 1 aromatic rings. The van der Waals surface area contributed by atoms with Gasteiger partial charge in [-0.25, -0.2) is 0 Å². The molecule has 1 aromatic carbocycles. The van der Waals surface area contributed by atoms with Crippen molar-refractivity contribution in [3.8, 4) is 0 Å². The molecule has 17 heavy (non-hydrogen) atoms. The Morgan fingerprint density at radius 2 is 1.47 bits per heavy atom. The van der Waals surface area contributed by atoms with Crippen LogP contribution in [0.25, 0.3) is 0 Å². The zero-order valence-electron chi connectivity index (χ0n) is 11.3. The quantitative estimate of drug-likeness (QED) is 0.713. The summed E-state index contributed by atoms with van der Waals surface area (Å²) >= 11 is -1.89. The summed E-state index contributed by atoms with van der Waals surface area (Å²) in [4.78, 5) is 10.2. The molecule has 0 N–H and O–H groups in total. The molecule has 2 heterocycles. The van der Waals surface area contributed by atoms with Crippen molar-refractivity contribution >= 4 is 27.6 Å². The summed E-state index contributed by atoms with van der Waals surface area (Å²) in [5.74, 6) is 0. The van der Waals surface area contributed by atoms with E-state index in [-0.39, 0.29) is 0 Å².